The lowest BCUT2D eigenvalue weighted by Crippen LogP contribution is -2.49. The van der Waals surface area contributed by atoms with Crippen molar-refractivity contribution in [1.29, 1.82) is 0 Å². The molecule has 0 aliphatic carbocycles. The average Bonchev–Trinajstić information content (AvgIpc) is 2.83. The smallest absolute Gasteiger partial charge is 0.345 e. The summed E-state index contributed by atoms with van der Waals surface area (Å²) in [6, 6.07) is 0. The zero-order chi connectivity index (χ0) is 18.4. The molecule has 0 N–H and O–H groups in total. The Kier molecular flexibility index (Phi) is 7.36. The standard InChI is InChI=1S/C19H30O5/c1-7-15(3)16-19(17(21)22-6,24-18(4,5)23-16)12-8-10-14(2)11-9-13-20/h8,12-13,15-16H,2,7,9-11H2,1,3-6H3/b12-8+/t15-,16+,19-/m0/s1. The van der Waals surface area contributed by atoms with Crippen molar-refractivity contribution in [2.45, 2.75) is 70.9 Å². The zero-order valence-electron chi connectivity index (χ0n) is 15.5. The molecular formula is C19H30O5. The summed E-state index contributed by atoms with van der Waals surface area (Å²) >= 11 is 0. The number of carbonyl (C=O) groups is 2. The summed E-state index contributed by atoms with van der Waals surface area (Å²) in [5.74, 6) is -1.22. The van der Waals surface area contributed by atoms with Crippen LogP contribution in [-0.4, -0.2) is 36.9 Å². The van der Waals surface area contributed by atoms with Gasteiger partial charge in [-0.05, 0) is 38.7 Å². The highest BCUT2D eigenvalue weighted by Crippen LogP contribution is 2.42. The van der Waals surface area contributed by atoms with Crippen molar-refractivity contribution in [2.75, 3.05) is 7.11 Å². The van der Waals surface area contributed by atoms with E-state index in [9.17, 15) is 9.59 Å². The van der Waals surface area contributed by atoms with E-state index >= 15 is 0 Å². The van der Waals surface area contributed by atoms with Crippen LogP contribution in [0.4, 0.5) is 0 Å². The molecular weight excluding hydrogens is 308 g/mol. The minimum atomic E-state index is -1.27. The Hall–Kier alpha value is -1.46. The third kappa shape index (κ3) is 4.77. The topological polar surface area (TPSA) is 61.8 Å². The molecule has 0 aromatic rings. The van der Waals surface area contributed by atoms with Gasteiger partial charge in [0.2, 0.25) is 5.60 Å². The molecule has 1 aliphatic heterocycles. The maximum Gasteiger partial charge on any atom is 0.345 e. The average molecular weight is 338 g/mol. The fraction of sp³-hybridized carbons (Fsp3) is 0.684. The predicted molar refractivity (Wildman–Crippen MR) is 92.4 cm³/mol. The van der Waals surface area contributed by atoms with Crippen LogP contribution in [0, 0.1) is 5.92 Å². The summed E-state index contributed by atoms with van der Waals surface area (Å²) in [5, 5.41) is 0. The molecule has 0 spiro atoms. The maximum atomic E-state index is 12.6. The van der Waals surface area contributed by atoms with Crippen molar-refractivity contribution in [3.63, 3.8) is 0 Å². The van der Waals surface area contributed by atoms with Crippen LogP contribution < -0.4 is 0 Å². The number of hydrogen-bond acceptors (Lipinski definition) is 5. The van der Waals surface area contributed by atoms with E-state index in [1.165, 1.54) is 7.11 Å². The molecule has 1 heterocycles. The number of methoxy groups -OCH3 is 1. The molecule has 3 atom stereocenters. The third-order valence-electron chi connectivity index (χ3n) is 4.30. The van der Waals surface area contributed by atoms with Crippen molar-refractivity contribution in [3.8, 4) is 0 Å². The molecule has 0 unspecified atom stereocenters. The summed E-state index contributed by atoms with van der Waals surface area (Å²) in [7, 11) is 1.35. The number of aldehydes is 1. The van der Waals surface area contributed by atoms with Gasteiger partial charge in [0.05, 0.1) is 7.11 Å². The quantitative estimate of drug-likeness (QED) is 0.365. The van der Waals surface area contributed by atoms with Crippen molar-refractivity contribution in [1.82, 2.24) is 0 Å². The van der Waals surface area contributed by atoms with Gasteiger partial charge in [-0.3, -0.25) is 0 Å². The van der Waals surface area contributed by atoms with Crippen LogP contribution in [-0.2, 0) is 23.8 Å². The second-order valence-corrected chi connectivity index (χ2v) is 6.77. The van der Waals surface area contributed by atoms with Crippen LogP contribution in [0.2, 0.25) is 0 Å². The highest BCUT2D eigenvalue weighted by Gasteiger charge is 2.59. The maximum absolute atomic E-state index is 12.6. The molecule has 0 radical (unpaired) electrons. The summed E-state index contributed by atoms with van der Waals surface area (Å²) in [4.78, 5) is 23.0. The minimum absolute atomic E-state index is 0.119. The van der Waals surface area contributed by atoms with E-state index in [2.05, 4.69) is 6.58 Å². The summed E-state index contributed by atoms with van der Waals surface area (Å²) in [5.41, 5.74) is -0.338. The second kappa shape index (κ2) is 8.58. The molecule has 1 rings (SSSR count). The molecule has 1 aliphatic rings. The SMILES string of the molecule is C=C(C/C=C/[C@]1(C(=O)OC)OC(C)(C)O[C@@H]1[C@@H](C)CC)CCC=O. The van der Waals surface area contributed by atoms with Gasteiger partial charge in [-0.15, -0.1) is 0 Å². The number of allylic oxidation sites excluding steroid dienone is 2. The van der Waals surface area contributed by atoms with Crippen molar-refractivity contribution >= 4 is 12.3 Å². The Bertz CT molecular complexity index is 494. The Morgan fingerprint density at radius 3 is 2.62 bits per heavy atom. The first kappa shape index (κ1) is 20.6. The van der Waals surface area contributed by atoms with E-state index in [1.54, 1.807) is 19.9 Å². The number of esters is 1. The Morgan fingerprint density at radius 1 is 1.42 bits per heavy atom. The number of rotatable bonds is 9. The van der Waals surface area contributed by atoms with Crippen LogP contribution in [0.25, 0.3) is 0 Å². The van der Waals surface area contributed by atoms with Crippen LogP contribution in [0.3, 0.4) is 0 Å². The number of ether oxygens (including phenoxy) is 3. The molecule has 24 heavy (non-hydrogen) atoms. The Morgan fingerprint density at radius 2 is 2.08 bits per heavy atom. The van der Waals surface area contributed by atoms with Crippen molar-refractivity contribution < 1.29 is 23.8 Å². The van der Waals surface area contributed by atoms with E-state index in [-0.39, 0.29) is 5.92 Å². The minimum Gasteiger partial charge on any atom is -0.467 e. The summed E-state index contributed by atoms with van der Waals surface area (Å²) in [6.45, 7) is 11.6. The first-order valence-electron chi connectivity index (χ1n) is 8.46. The van der Waals surface area contributed by atoms with Gasteiger partial charge in [0.15, 0.2) is 5.79 Å². The highest BCUT2D eigenvalue weighted by molar-refractivity contribution is 5.83. The van der Waals surface area contributed by atoms with Crippen LogP contribution in [0.1, 0.15) is 53.4 Å². The van der Waals surface area contributed by atoms with Gasteiger partial charge in [-0.25, -0.2) is 4.79 Å². The monoisotopic (exact) mass is 338 g/mol. The van der Waals surface area contributed by atoms with Crippen molar-refractivity contribution in [2.24, 2.45) is 5.92 Å². The fourth-order valence-electron chi connectivity index (χ4n) is 2.92. The molecule has 0 amide bonds. The molecule has 0 aromatic carbocycles. The predicted octanol–water partition coefficient (Wildman–Crippen LogP) is 3.58. The van der Waals surface area contributed by atoms with Gasteiger partial charge < -0.3 is 19.0 Å². The molecule has 5 nitrogen and oxygen atoms in total. The number of hydrogen-bond donors (Lipinski definition) is 0. The van der Waals surface area contributed by atoms with Crippen LogP contribution in [0.15, 0.2) is 24.3 Å². The van der Waals surface area contributed by atoms with E-state index in [0.717, 1.165) is 18.3 Å². The van der Waals surface area contributed by atoms with Gasteiger partial charge in [-0.2, -0.15) is 0 Å². The van der Waals surface area contributed by atoms with Gasteiger partial charge in [0.1, 0.15) is 12.4 Å². The van der Waals surface area contributed by atoms with Crippen LogP contribution in [0.5, 0.6) is 0 Å². The van der Waals surface area contributed by atoms with Gasteiger partial charge in [-0.1, -0.05) is 38.5 Å². The lowest BCUT2D eigenvalue weighted by molar-refractivity contribution is -0.179. The molecule has 1 fully saturated rings. The van der Waals surface area contributed by atoms with E-state index in [1.807, 2.05) is 19.9 Å². The molecule has 1 saturated heterocycles. The van der Waals surface area contributed by atoms with E-state index in [0.29, 0.717) is 19.3 Å². The van der Waals surface area contributed by atoms with Gasteiger partial charge in [0.25, 0.3) is 0 Å². The Balaban J connectivity index is 3.06. The zero-order valence-corrected chi connectivity index (χ0v) is 15.5. The highest BCUT2D eigenvalue weighted by atomic mass is 16.8. The lowest BCUT2D eigenvalue weighted by atomic mass is 9.85. The normalized spacial score (nSPS) is 27.1. The molecule has 136 valence electrons. The molecule has 0 bridgehead atoms. The third-order valence-corrected chi connectivity index (χ3v) is 4.30. The largest absolute Gasteiger partial charge is 0.467 e. The van der Waals surface area contributed by atoms with Crippen molar-refractivity contribution in [3.05, 3.63) is 24.3 Å². The second-order valence-electron chi connectivity index (χ2n) is 6.77. The van der Waals surface area contributed by atoms with E-state index in [4.69, 9.17) is 14.2 Å². The van der Waals surface area contributed by atoms with Gasteiger partial charge in [0, 0.05) is 6.42 Å². The lowest BCUT2D eigenvalue weighted by Gasteiger charge is -2.30. The first-order valence-corrected chi connectivity index (χ1v) is 8.46. The number of carbonyl (C=O) groups excluding carboxylic acids is 2. The molecule has 5 heteroatoms. The molecule has 0 saturated carbocycles. The van der Waals surface area contributed by atoms with Gasteiger partial charge >= 0.3 is 5.97 Å². The first-order chi connectivity index (χ1) is 11.2. The van der Waals surface area contributed by atoms with E-state index < -0.39 is 23.5 Å². The summed E-state index contributed by atoms with van der Waals surface area (Å²) < 4.78 is 17.1. The molecule has 0 aromatic heterocycles. The van der Waals surface area contributed by atoms with Crippen LogP contribution >= 0.6 is 0 Å². The summed E-state index contributed by atoms with van der Waals surface area (Å²) in [6.07, 6.45) is 6.55. The fourth-order valence-corrected chi connectivity index (χ4v) is 2.92. The Labute approximate surface area is 145 Å².